The fourth-order valence-corrected chi connectivity index (χ4v) is 7.13. The van der Waals surface area contributed by atoms with Gasteiger partial charge in [0, 0.05) is 33.2 Å². The molecule has 0 spiro atoms. The summed E-state index contributed by atoms with van der Waals surface area (Å²) in [5.41, 5.74) is 1.24. The molecule has 1 saturated heterocycles. The summed E-state index contributed by atoms with van der Waals surface area (Å²) < 4.78 is 38.3. The summed E-state index contributed by atoms with van der Waals surface area (Å²) in [4.78, 5) is 29.1. The van der Waals surface area contributed by atoms with E-state index >= 15 is 0 Å². The highest BCUT2D eigenvalue weighted by atomic mass is 32.2. The van der Waals surface area contributed by atoms with E-state index in [1.54, 1.807) is 45.0 Å². The predicted octanol–water partition coefficient (Wildman–Crippen LogP) is 2.18. The maximum absolute atomic E-state index is 13.1. The summed E-state index contributed by atoms with van der Waals surface area (Å²) in [7, 11) is 1.14. The molecule has 1 saturated carbocycles. The minimum atomic E-state index is -3.71. The van der Waals surface area contributed by atoms with Crippen LogP contribution < -0.4 is 10.1 Å². The summed E-state index contributed by atoms with van der Waals surface area (Å²) in [6.45, 7) is 6.85. The van der Waals surface area contributed by atoms with E-state index in [1.807, 2.05) is 0 Å². The molecule has 2 amide bonds. The highest BCUT2D eigenvalue weighted by molar-refractivity contribution is 7.89. The van der Waals surface area contributed by atoms with Gasteiger partial charge in [0.25, 0.3) is 0 Å². The van der Waals surface area contributed by atoms with Crippen molar-refractivity contribution in [1.29, 1.82) is 0 Å². The second kappa shape index (κ2) is 14.4. The molecule has 1 aliphatic heterocycles. The topological polar surface area (TPSA) is 108 Å². The smallest absolute Gasteiger partial charge is 0.248 e. The van der Waals surface area contributed by atoms with Crippen molar-refractivity contribution in [2.75, 3.05) is 67.1 Å². The van der Waals surface area contributed by atoms with Crippen molar-refractivity contribution in [3.8, 4) is 5.75 Å². The van der Waals surface area contributed by atoms with Crippen LogP contribution in [0, 0.1) is 19.8 Å². The molecule has 2 aliphatic rings. The van der Waals surface area contributed by atoms with Crippen molar-refractivity contribution in [2.45, 2.75) is 63.3 Å². The van der Waals surface area contributed by atoms with Crippen molar-refractivity contribution >= 4 is 21.8 Å². The first-order valence-corrected chi connectivity index (χ1v) is 15.4. The number of aryl methyl sites for hydroxylation is 2. The van der Waals surface area contributed by atoms with Crippen LogP contribution in [0.2, 0.25) is 0 Å². The molecule has 0 aromatic heterocycles. The van der Waals surface area contributed by atoms with E-state index in [0.717, 1.165) is 38.8 Å². The maximum Gasteiger partial charge on any atom is 0.248 e. The van der Waals surface area contributed by atoms with E-state index in [-0.39, 0.29) is 42.5 Å². The van der Waals surface area contributed by atoms with Crippen LogP contribution in [-0.4, -0.2) is 108 Å². The fraction of sp³-hybridized carbons (Fsp3) is 0.714. The van der Waals surface area contributed by atoms with E-state index in [2.05, 4.69) is 10.2 Å². The molecule has 1 aromatic rings. The summed E-state index contributed by atoms with van der Waals surface area (Å²) >= 11 is 0. The minimum Gasteiger partial charge on any atom is -0.497 e. The van der Waals surface area contributed by atoms with Crippen molar-refractivity contribution in [3.63, 3.8) is 0 Å². The molecule has 3 rings (SSSR count). The molecule has 11 heteroatoms. The van der Waals surface area contributed by atoms with Gasteiger partial charge in [0.1, 0.15) is 12.4 Å². The van der Waals surface area contributed by atoms with Crippen molar-refractivity contribution < 1.29 is 27.5 Å². The Morgan fingerprint density at radius 1 is 1.05 bits per heavy atom. The van der Waals surface area contributed by atoms with Gasteiger partial charge >= 0.3 is 0 Å². The van der Waals surface area contributed by atoms with E-state index < -0.39 is 10.0 Å². The number of likely N-dealkylation sites (N-methyl/N-ethyl adjacent to an activating group) is 2. The first-order valence-electron chi connectivity index (χ1n) is 14.0. The SMILES string of the molecule is COc1cc(C)c(S(=O)(=O)N(C)CCOCC(=O)N(C)C[C@H]2CC[C@H](NC(=O)CN3CCCC3)CC2)c(C)c1. The normalized spacial score (nSPS) is 20.3. The van der Waals surface area contributed by atoms with Crippen LogP contribution in [0.3, 0.4) is 0 Å². The van der Waals surface area contributed by atoms with E-state index in [9.17, 15) is 18.0 Å². The third kappa shape index (κ3) is 8.89. The van der Waals surface area contributed by atoms with Crippen molar-refractivity contribution in [1.82, 2.24) is 19.4 Å². The molecular weight excluding hydrogens is 520 g/mol. The Morgan fingerprint density at radius 2 is 1.67 bits per heavy atom. The fourth-order valence-electron chi connectivity index (χ4n) is 5.57. The molecule has 1 heterocycles. The van der Waals surface area contributed by atoms with Crippen LogP contribution >= 0.6 is 0 Å². The van der Waals surface area contributed by atoms with Gasteiger partial charge in [-0.25, -0.2) is 8.42 Å². The summed E-state index contributed by atoms with van der Waals surface area (Å²) in [5, 5.41) is 3.18. The number of carbonyl (C=O) groups excluding carboxylic acids is 2. The average molecular weight is 567 g/mol. The Balaban J connectivity index is 1.34. The number of nitrogens with one attached hydrogen (secondary N) is 1. The monoisotopic (exact) mass is 566 g/mol. The molecule has 10 nitrogen and oxygen atoms in total. The first-order chi connectivity index (χ1) is 18.5. The molecule has 2 fully saturated rings. The number of amides is 2. The number of sulfonamides is 1. The number of rotatable bonds is 13. The molecule has 39 heavy (non-hydrogen) atoms. The number of hydrogen-bond acceptors (Lipinski definition) is 7. The van der Waals surface area contributed by atoms with Gasteiger partial charge in [-0.3, -0.25) is 14.5 Å². The Hall–Kier alpha value is -2.21. The lowest BCUT2D eigenvalue weighted by Crippen LogP contribution is -2.44. The molecule has 0 unspecified atom stereocenters. The Kier molecular flexibility index (Phi) is 11.6. The van der Waals surface area contributed by atoms with Gasteiger partial charge in [-0.1, -0.05) is 0 Å². The number of methoxy groups -OCH3 is 1. The molecule has 0 atom stereocenters. The van der Waals surface area contributed by atoms with Crippen LogP contribution in [0.25, 0.3) is 0 Å². The lowest BCUT2D eigenvalue weighted by atomic mass is 9.85. The second-order valence-electron chi connectivity index (χ2n) is 11.0. The van der Waals surface area contributed by atoms with E-state index in [4.69, 9.17) is 9.47 Å². The standard InChI is InChI=1S/C28H46N4O6S/c1-21-16-25(37-5)17-22(2)28(21)39(35,36)31(4)14-15-38-20-27(34)30(3)18-23-8-10-24(11-9-23)29-26(33)19-32-12-6-7-13-32/h16-17,23-24H,6-15,18-20H2,1-5H3,(H,29,33)/t23-,24-. The zero-order valence-corrected chi connectivity index (χ0v) is 25.0. The maximum atomic E-state index is 13.1. The quantitative estimate of drug-likeness (QED) is 0.365. The van der Waals surface area contributed by atoms with Gasteiger partial charge < -0.3 is 19.7 Å². The van der Waals surface area contributed by atoms with Crippen LogP contribution in [-0.2, 0) is 24.3 Å². The van der Waals surface area contributed by atoms with Gasteiger partial charge in [-0.15, -0.1) is 0 Å². The third-order valence-electron chi connectivity index (χ3n) is 7.85. The lowest BCUT2D eigenvalue weighted by molar-refractivity contribution is -0.135. The van der Waals surface area contributed by atoms with Gasteiger partial charge in [0.15, 0.2) is 0 Å². The number of nitrogens with zero attached hydrogens (tertiary/aromatic N) is 3. The van der Waals surface area contributed by atoms with Crippen LogP contribution in [0.15, 0.2) is 17.0 Å². The number of likely N-dealkylation sites (tertiary alicyclic amines) is 1. The Morgan fingerprint density at radius 3 is 2.26 bits per heavy atom. The highest BCUT2D eigenvalue weighted by Gasteiger charge is 2.27. The predicted molar refractivity (Wildman–Crippen MR) is 150 cm³/mol. The van der Waals surface area contributed by atoms with Crippen LogP contribution in [0.1, 0.15) is 49.7 Å². The molecule has 0 radical (unpaired) electrons. The summed E-state index contributed by atoms with van der Waals surface area (Å²) in [6, 6.07) is 3.63. The number of benzene rings is 1. The zero-order valence-electron chi connectivity index (χ0n) is 24.2. The Bertz CT molecular complexity index is 1060. The third-order valence-corrected chi connectivity index (χ3v) is 10.0. The molecule has 1 aromatic carbocycles. The minimum absolute atomic E-state index is 0.0904. The van der Waals surface area contributed by atoms with Gasteiger partial charge in [-0.2, -0.15) is 4.31 Å². The van der Waals surface area contributed by atoms with Crippen molar-refractivity contribution in [3.05, 3.63) is 23.3 Å². The van der Waals surface area contributed by atoms with E-state index in [0.29, 0.717) is 35.9 Å². The van der Waals surface area contributed by atoms with Gasteiger partial charge in [0.2, 0.25) is 21.8 Å². The van der Waals surface area contributed by atoms with Gasteiger partial charge in [0.05, 0.1) is 25.2 Å². The highest BCUT2D eigenvalue weighted by Crippen LogP contribution is 2.28. The second-order valence-corrected chi connectivity index (χ2v) is 13.0. The average Bonchev–Trinajstić information content (AvgIpc) is 3.39. The number of carbonyl (C=O) groups is 2. The summed E-state index contributed by atoms with van der Waals surface area (Å²) in [6.07, 6.45) is 6.17. The largest absolute Gasteiger partial charge is 0.497 e. The molecule has 1 aliphatic carbocycles. The molecular formula is C28H46N4O6S. The van der Waals surface area contributed by atoms with Crippen molar-refractivity contribution in [2.24, 2.45) is 5.92 Å². The number of ether oxygens (including phenoxy) is 2. The van der Waals surface area contributed by atoms with E-state index in [1.165, 1.54) is 24.2 Å². The molecule has 0 bridgehead atoms. The number of hydrogen-bond donors (Lipinski definition) is 1. The summed E-state index contributed by atoms with van der Waals surface area (Å²) in [5.74, 6) is 1.02. The lowest BCUT2D eigenvalue weighted by Gasteiger charge is -2.32. The first kappa shape index (κ1) is 31.3. The molecule has 220 valence electrons. The molecule has 1 N–H and O–H groups in total. The van der Waals surface area contributed by atoms with Crippen LogP contribution in [0.5, 0.6) is 5.75 Å². The zero-order chi connectivity index (χ0) is 28.6. The van der Waals surface area contributed by atoms with Gasteiger partial charge in [-0.05, 0) is 94.6 Å². The van der Waals surface area contributed by atoms with Crippen LogP contribution in [0.4, 0.5) is 0 Å². The Labute approximate surface area is 234 Å².